The summed E-state index contributed by atoms with van der Waals surface area (Å²) in [5.41, 5.74) is 0. The van der Waals surface area contributed by atoms with Gasteiger partial charge < -0.3 is 0 Å². The van der Waals surface area contributed by atoms with Gasteiger partial charge in [-0.3, -0.25) is 8.42 Å². The first-order valence-electron chi connectivity index (χ1n) is 4.90. The van der Waals surface area contributed by atoms with Gasteiger partial charge in [0, 0.05) is 44.6 Å². The van der Waals surface area contributed by atoms with Gasteiger partial charge in [0.15, 0.2) is 0 Å². The molecule has 13 heavy (non-hydrogen) atoms. The fraction of sp³-hybridized carbons (Fsp3) is 1.00. The fourth-order valence-corrected chi connectivity index (χ4v) is 3.47. The molecule has 0 bridgehead atoms. The molecular formula is C9H20O2S2. The van der Waals surface area contributed by atoms with Gasteiger partial charge >= 0.3 is 0 Å². The third-order valence-electron chi connectivity index (χ3n) is 1.61. The maximum atomic E-state index is 11.2. The highest BCUT2D eigenvalue weighted by atomic mass is 32.2. The molecule has 0 fully saturated rings. The van der Waals surface area contributed by atoms with Crippen LogP contribution in [0.15, 0.2) is 0 Å². The normalized spacial score (nSPS) is 15.5. The summed E-state index contributed by atoms with van der Waals surface area (Å²) in [6.45, 7) is 4.07. The van der Waals surface area contributed by atoms with E-state index >= 15 is 0 Å². The molecule has 2 nitrogen and oxygen atoms in total. The van der Waals surface area contributed by atoms with Crippen LogP contribution in [-0.4, -0.2) is 31.4 Å². The second kappa shape index (κ2) is 8.88. The highest BCUT2D eigenvalue weighted by Crippen LogP contribution is 1.95. The molecule has 0 aliphatic heterocycles. The highest BCUT2D eigenvalue weighted by molar-refractivity contribution is 7.85. The molecule has 0 N–H and O–H groups in total. The SMILES string of the molecule is CCCS(=O)CCCS(=O)CCC. The van der Waals surface area contributed by atoms with Crippen molar-refractivity contribution in [3.05, 3.63) is 0 Å². The Labute approximate surface area is 86.4 Å². The number of hydrogen-bond donors (Lipinski definition) is 0. The van der Waals surface area contributed by atoms with Crippen molar-refractivity contribution in [2.75, 3.05) is 23.0 Å². The Hall–Kier alpha value is 0.300. The molecule has 2 atom stereocenters. The summed E-state index contributed by atoms with van der Waals surface area (Å²) in [6, 6.07) is 0. The maximum absolute atomic E-state index is 11.2. The van der Waals surface area contributed by atoms with E-state index in [1.807, 2.05) is 13.8 Å². The van der Waals surface area contributed by atoms with Crippen LogP contribution in [-0.2, 0) is 21.6 Å². The molecule has 0 aliphatic rings. The summed E-state index contributed by atoms with van der Waals surface area (Å²) < 4.78 is 22.4. The van der Waals surface area contributed by atoms with Crippen LogP contribution >= 0.6 is 0 Å². The smallest absolute Gasteiger partial charge is 0.0243 e. The van der Waals surface area contributed by atoms with Crippen molar-refractivity contribution < 1.29 is 8.42 Å². The lowest BCUT2D eigenvalue weighted by Crippen LogP contribution is -2.08. The Morgan fingerprint density at radius 2 is 1.15 bits per heavy atom. The van der Waals surface area contributed by atoms with Crippen LogP contribution in [0.25, 0.3) is 0 Å². The van der Waals surface area contributed by atoms with Crippen molar-refractivity contribution in [1.29, 1.82) is 0 Å². The van der Waals surface area contributed by atoms with Crippen LogP contribution < -0.4 is 0 Å². The summed E-state index contributed by atoms with van der Waals surface area (Å²) >= 11 is 0. The Morgan fingerprint density at radius 3 is 1.46 bits per heavy atom. The molecule has 0 heterocycles. The van der Waals surface area contributed by atoms with E-state index in [9.17, 15) is 8.42 Å². The van der Waals surface area contributed by atoms with E-state index in [2.05, 4.69) is 0 Å². The monoisotopic (exact) mass is 224 g/mol. The molecule has 4 heteroatoms. The van der Waals surface area contributed by atoms with Crippen molar-refractivity contribution in [1.82, 2.24) is 0 Å². The minimum absolute atomic E-state index is 0.675. The maximum Gasteiger partial charge on any atom is 0.0243 e. The molecule has 0 aliphatic carbocycles. The van der Waals surface area contributed by atoms with E-state index in [-0.39, 0.29) is 0 Å². The largest absolute Gasteiger partial charge is 0.260 e. The summed E-state index contributed by atoms with van der Waals surface area (Å²) in [5, 5.41) is 0. The zero-order valence-electron chi connectivity index (χ0n) is 8.58. The Bertz CT molecular complexity index is 151. The minimum atomic E-state index is -0.675. The first-order valence-corrected chi connectivity index (χ1v) is 7.88. The predicted octanol–water partition coefficient (Wildman–Crippen LogP) is 1.69. The molecule has 2 unspecified atom stereocenters. The lowest BCUT2D eigenvalue weighted by Gasteiger charge is -2.00. The summed E-state index contributed by atoms with van der Waals surface area (Å²) in [5.74, 6) is 3.04. The molecule has 0 aromatic rings. The predicted molar refractivity (Wildman–Crippen MR) is 61.0 cm³/mol. The van der Waals surface area contributed by atoms with E-state index < -0.39 is 21.6 Å². The quantitative estimate of drug-likeness (QED) is 0.629. The second-order valence-corrected chi connectivity index (χ2v) is 6.44. The first-order chi connectivity index (χ1) is 6.20. The van der Waals surface area contributed by atoms with E-state index in [1.165, 1.54) is 0 Å². The molecule has 0 amide bonds. The van der Waals surface area contributed by atoms with Crippen molar-refractivity contribution >= 4 is 21.6 Å². The van der Waals surface area contributed by atoms with E-state index in [1.54, 1.807) is 0 Å². The third kappa shape index (κ3) is 8.63. The first kappa shape index (κ1) is 13.3. The molecule has 0 spiro atoms. The average Bonchev–Trinajstić information content (AvgIpc) is 2.05. The number of hydrogen-bond acceptors (Lipinski definition) is 2. The van der Waals surface area contributed by atoms with Crippen LogP contribution in [0.5, 0.6) is 0 Å². The minimum Gasteiger partial charge on any atom is -0.260 e. The lowest BCUT2D eigenvalue weighted by molar-refractivity contribution is 0.677. The van der Waals surface area contributed by atoms with Gasteiger partial charge in [-0.15, -0.1) is 0 Å². The van der Waals surface area contributed by atoms with Crippen LogP contribution in [0.1, 0.15) is 33.1 Å². The Balaban J connectivity index is 3.33. The zero-order chi connectivity index (χ0) is 10.1. The standard InChI is InChI=1S/C9H20O2S2/c1-3-6-12(10)8-5-9-13(11)7-4-2/h3-9H2,1-2H3. The van der Waals surface area contributed by atoms with Gasteiger partial charge in [0.2, 0.25) is 0 Å². The Kier molecular flexibility index (Phi) is 9.08. The molecule has 0 radical (unpaired) electrons. The van der Waals surface area contributed by atoms with Gasteiger partial charge in [0.25, 0.3) is 0 Å². The molecule has 0 aromatic carbocycles. The fourth-order valence-electron chi connectivity index (χ4n) is 1.04. The second-order valence-electron chi connectivity index (χ2n) is 3.05. The van der Waals surface area contributed by atoms with E-state index in [0.29, 0.717) is 0 Å². The summed E-state index contributed by atoms with van der Waals surface area (Å²) in [4.78, 5) is 0. The molecule has 0 aromatic heterocycles. The molecule has 0 saturated carbocycles. The van der Waals surface area contributed by atoms with Gasteiger partial charge in [0.05, 0.1) is 0 Å². The van der Waals surface area contributed by atoms with Gasteiger partial charge in [-0.1, -0.05) is 13.8 Å². The molecule has 0 rings (SSSR count). The van der Waals surface area contributed by atoms with Gasteiger partial charge in [-0.2, -0.15) is 0 Å². The molecule has 0 saturated heterocycles. The van der Waals surface area contributed by atoms with Gasteiger partial charge in [-0.25, -0.2) is 0 Å². The summed E-state index contributed by atoms with van der Waals surface area (Å²) in [7, 11) is -1.35. The topological polar surface area (TPSA) is 34.1 Å². The highest BCUT2D eigenvalue weighted by Gasteiger charge is 2.01. The third-order valence-corrected chi connectivity index (χ3v) is 4.82. The lowest BCUT2D eigenvalue weighted by atomic mass is 10.6. The van der Waals surface area contributed by atoms with E-state index in [4.69, 9.17) is 0 Å². The van der Waals surface area contributed by atoms with Gasteiger partial charge in [-0.05, 0) is 19.3 Å². The van der Waals surface area contributed by atoms with Crippen LogP contribution in [0.4, 0.5) is 0 Å². The van der Waals surface area contributed by atoms with Crippen LogP contribution in [0, 0.1) is 0 Å². The van der Waals surface area contributed by atoms with Crippen molar-refractivity contribution in [2.45, 2.75) is 33.1 Å². The van der Waals surface area contributed by atoms with E-state index in [0.717, 1.165) is 42.3 Å². The van der Waals surface area contributed by atoms with Crippen LogP contribution in [0.3, 0.4) is 0 Å². The van der Waals surface area contributed by atoms with Crippen molar-refractivity contribution in [3.8, 4) is 0 Å². The summed E-state index contributed by atoms with van der Waals surface area (Å²) in [6.07, 6.45) is 2.80. The molecular weight excluding hydrogens is 204 g/mol. The molecule has 80 valence electrons. The van der Waals surface area contributed by atoms with Crippen LogP contribution in [0.2, 0.25) is 0 Å². The van der Waals surface area contributed by atoms with Crippen molar-refractivity contribution in [2.24, 2.45) is 0 Å². The van der Waals surface area contributed by atoms with Gasteiger partial charge in [0.1, 0.15) is 0 Å². The van der Waals surface area contributed by atoms with Crippen molar-refractivity contribution in [3.63, 3.8) is 0 Å². The number of rotatable bonds is 8. The Morgan fingerprint density at radius 1 is 0.769 bits per heavy atom. The average molecular weight is 224 g/mol. The zero-order valence-corrected chi connectivity index (χ0v) is 10.2.